The second-order valence-corrected chi connectivity index (χ2v) is 6.27. The highest BCUT2D eigenvalue weighted by molar-refractivity contribution is 6.02. The van der Waals surface area contributed by atoms with Gasteiger partial charge < -0.3 is 20.4 Å². The van der Waals surface area contributed by atoms with Crippen LogP contribution in [0.15, 0.2) is 24.3 Å². The van der Waals surface area contributed by atoms with E-state index < -0.39 is 24.6 Å². The van der Waals surface area contributed by atoms with E-state index in [2.05, 4.69) is 15.6 Å². The van der Waals surface area contributed by atoms with E-state index in [1.54, 1.807) is 13.0 Å². The number of esters is 1. The van der Waals surface area contributed by atoms with Crippen LogP contribution in [0.3, 0.4) is 0 Å². The van der Waals surface area contributed by atoms with Gasteiger partial charge in [-0.25, -0.2) is 4.79 Å². The fourth-order valence-electron chi connectivity index (χ4n) is 2.82. The Kier molecular flexibility index (Phi) is 6.68. The number of aromatic nitrogens is 1. The van der Waals surface area contributed by atoms with Gasteiger partial charge in [-0.15, -0.1) is 0 Å². The molecule has 0 saturated carbocycles. The number of aromatic amines is 1. The average molecular weight is 411 g/mol. The number of Topliss-reactive ketones (excluding diaryl/α,β-unsaturated/α-hetero) is 1. The molecule has 10 heteroatoms. The van der Waals surface area contributed by atoms with Gasteiger partial charge in [-0.05, 0) is 24.6 Å². The van der Waals surface area contributed by atoms with E-state index in [1.807, 2.05) is 0 Å². The SMILES string of the molecule is COC(=O)c1c(CC(=O)Nc2ccccc2NCC(F)(F)F)[nH]c(C(C)=O)c1C. The minimum Gasteiger partial charge on any atom is -0.465 e. The van der Waals surface area contributed by atoms with Gasteiger partial charge >= 0.3 is 12.1 Å². The number of alkyl halides is 3. The van der Waals surface area contributed by atoms with Gasteiger partial charge in [0.25, 0.3) is 0 Å². The van der Waals surface area contributed by atoms with E-state index >= 15 is 0 Å². The Balaban J connectivity index is 2.23. The van der Waals surface area contributed by atoms with Crippen LogP contribution in [-0.2, 0) is 16.0 Å². The fourth-order valence-corrected chi connectivity index (χ4v) is 2.82. The van der Waals surface area contributed by atoms with Gasteiger partial charge in [0.05, 0.1) is 36.2 Å². The standard InChI is InChI=1S/C19H20F3N3O4/c1-10-16(18(28)29-3)14(25-17(10)11(2)26)8-15(27)24-13-7-5-4-6-12(13)23-9-19(20,21)22/h4-7,23,25H,8-9H2,1-3H3,(H,24,27). The molecule has 156 valence electrons. The molecule has 0 fully saturated rings. The van der Waals surface area contributed by atoms with Crippen molar-refractivity contribution in [3.63, 3.8) is 0 Å². The Labute approximate surface area is 164 Å². The number of hydrogen-bond acceptors (Lipinski definition) is 5. The molecule has 0 unspecified atom stereocenters. The number of methoxy groups -OCH3 is 1. The third kappa shape index (κ3) is 5.59. The lowest BCUT2D eigenvalue weighted by Gasteiger charge is -2.14. The van der Waals surface area contributed by atoms with Crippen molar-refractivity contribution in [2.24, 2.45) is 0 Å². The van der Waals surface area contributed by atoms with Crippen LogP contribution < -0.4 is 10.6 Å². The fraction of sp³-hybridized carbons (Fsp3) is 0.316. The number of rotatable bonds is 7. The molecule has 0 saturated heterocycles. The largest absolute Gasteiger partial charge is 0.465 e. The van der Waals surface area contributed by atoms with Crippen molar-refractivity contribution >= 4 is 29.0 Å². The van der Waals surface area contributed by atoms with Crippen molar-refractivity contribution in [2.75, 3.05) is 24.3 Å². The Morgan fingerprint density at radius 3 is 2.31 bits per heavy atom. The Morgan fingerprint density at radius 2 is 1.76 bits per heavy atom. The van der Waals surface area contributed by atoms with Gasteiger partial charge in [0.2, 0.25) is 5.91 Å². The zero-order chi connectivity index (χ0) is 21.8. The molecular formula is C19H20F3N3O4. The van der Waals surface area contributed by atoms with Gasteiger partial charge in [-0.3, -0.25) is 9.59 Å². The summed E-state index contributed by atoms with van der Waals surface area (Å²) in [6, 6.07) is 5.92. The molecule has 0 spiro atoms. The predicted molar refractivity (Wildman–Crippen MR) is 100 cm³/mol. The molecule has 2 aromatic rings. The van der Waals surface area contributed by atoms with Crippen LogP contribution in [0.2, 0.25) is 0 Å². The number of ketones is 1. The van der Waals surface area contributed by atoms with Crippen LogP contribution >= 0.6 is 0 Å². The molecule has 0 aliphatic heterocycles. The summed E-state index contributed by atoms with van der Waals surface area (Å²) in [6.07, 6.45) is -4.73. The number of carbonyl (C=O) groups is 3. The normalized spacial score (nSPS) is 11.1. The lowest BCUT2D eigenvalue weighted by molar-refractivity contribution is -0.116. The first-order chi connectivity index (χ1) is 13.5. The van der Waals surface area contributed by atoms with Crippen molar-refractivity contribution in [3.8, 4) is 0 Å². The van der Waals surface area contributed by atoms with Crippen LogP contribution in [0.5, 0.6) is 0 Å². The smallest absolute Gasteiger partial charge is 0.405 e. The molecule has 2 rings (SSSR count). The second-order valence-electron chi connectivity index (χ2n) is 6.27. The van der Waals surface area contributed by atoms with E-state index in [4.69, 9.17) is 4.74 Å². The molecule has 0 radical (unpaired) electrons. The molecule has 29 heavy (non-hydrogen) atoms. The second kappa shape index (κ2) is 8.80. The Hall–Kier alpha value is -3.30. The number of hydrogen-bond donors (Lipinski definition) is 3. The van der Waals surface area contributed by atoms with Gasteiger partial charge in [0.1, 0.15) is 6.54 Å². The number of carbonyl (C=O) groups excluding carboxylic acids is 3. The first-order valence-corrected chi connectivity index (χ1v) is 8.53. The molecule has 0 aliphatic rings. The van der Waals surface area contributed by atoms with Crippen molar-refractivity contribution in [2.45, 2.75) is 26.4 Å². The zero-order valence-corrected chi connectivity index (χ0v) is 16.0. The first-order valence-electron chi connectivity index (χ1n) is 8.53. The summed E-state index contributed by atoms with van der Waals surface area (Å²) < 4.78 is 42.1. The molecular weight excluding hydrogens is 391 g/mol. The van der Waals surface area contributed by atoms with Crippen LogP contribution in [0.1, 0.15) is 39.0 Å². The molecule has 3 N–H and O–H groups in total. The van der Waals surface area contributed by atoms with Crippen molar-refractivity contribution < 1.29 is 32.3 Å². The van der Waals surface area contributed by atoms with Gasteiger partial charge in [0.15, 0.2) is 5.78 Å². The van der Waals surface area contributed by atoms with E-state index in [0.717, 1.165) is 0 Å². The number of anilines is 2. The molecule has 1 amide bonds. The quantitative estimate of drug-likeness (QED) is 0.479. The van der Waals surface area contributed by atoms with Crippen molar-refractivity contribution in [3.05, 3.63) is 46.8 Å². The highest BCUT2D eigenvalue weighted by atomic mass is 19.4. The van der Waals surface area contributed by atoms with Crippen molar-refractivity contribution in [1.82, 2.24) is 4.98 Å². The number of amides is 1. The minimum atomic E-state index is -4.42. The summed E-state index contributed by atoms with van der Waals surface area (Å²) in [5.41, 5.74) is 1.05. The zero-order valence-electron chi connectivity index (χ0n) is 16.0. The predicted octanol–water partition coefficient (Wildman–Crippen LogP) is 3.47. The number of H-pyrrole nitrogens is 1. The topological polar surface area (TPSA) is 100 Å². The van der Waals surface area contributed by atoms with Crippen LogP contribution in [0.4, 0.5) is 24.5 Å². The number of ether oxygens (including phenoxy) is 1. The number of benzene rings is 1. The summed E-state index contributed by atoms with van der Waals surface area (Å²) in [5.74, 6) is -1.62. The first kappa shape index (κ1) is 22.0. The van der Waals surface area contributed by atoms with Crippen LogP contribution in [0, 0.1) is 6.92 Å². The summed E-state index contributed by atoms with van der Waals surface area (Å²) in [4.78, 5) is 39.0. The number of para-hydroxylation sites is 2. The number of halogens is 3. The lowest BCUT2D eigenvalue weighted by atomic mass is 10.1. The average Bonchev–Trinajstić information content (AvgIpc) is 2.95. The number of nitrogens with one attached hydrogen (secondary N) is 3. The van der Waals surface area contributed by atoms with E-state index in [0.29, 0.717) is 5.56 Å². The Morgan fingerprint density at radius 1 is 1.14 bits per heavy atom. The maximum absolute atomic E-state index is 12.5. The summed E-state index contributed by atoms with van der Waals surface area (Å²) >= 11 is 0. The molecule has 0 bridgehead atoms. The Bertz CT molecular complexity index is 935. The molecule has 1 heterocycles. The van der Waals surface area contributed by atoms with E-state index in [1.165, 1.54) is 32.2 Å². The van der Waals surface area contributed by atoms with E-state index in [9.17, 15) is 27.6 Å². The molecule has 7 nitrogen and oxygen atoms in total. The molecule has 1 aromatic carbocycles. The van der Waals surface area contributed by atoms with Crippen molar-refractivity contribution in [1.29, 1.82) is 0 Å². The maximum atomic E-state index is 12.5. The molecule has 0 aliphatic carbocycles. The summed E-state index contributed by atoms with van der Waals surface area (Å²) in [6.45, 7) is 1.60. The minimum absolute atomic E-state index is 0.0799. The monoisotopic (exact) mass is 411 g/mol. The highest BCUT2D eigenvalue weighted by Crippen LogP contribution is 2.25. The summed E-state index contributed by atoms with van der Waals surface area (Å²) in [7, 11) is 1.18. The van der Waals surface area contributed by atoms with E-state index in [-0.39, 0.29) is 40.5 Å². The lowest BCUT2D eigenvalue weighted by Crippen LogP contribution is -2.23. The molecule has 1 aromatic heterocycles. The van der Waals surface area contributed by atoms with Gasteiger partial charge in [0, 0.05) is 12.6 Å². The van der Waals surface area contributed by atoms with Gasteiger partial charge in [-0.2, -0.15) is 13.2 Å². The summed E-state index contributed by atoms with van der Waals surface area (Å²) in [5, 5.41) is 4.73. The van der Waals surface area contributed by atoms with Crippen LogP contribution in [0.25, 0.3) is 0 Å². The third-order valence-electron chi connectivity index (χ3n) is 4.09. The highest BCUT2D eigenvalue weighted by Gasteiger charge is 2.27. The molecule has 0 atom stereocenters. The third-order valence-corrected chi connectivity index (χ3v) is 4.09. The van der Waals surface area contributed by atoms with Gasteiger partial charge in [-0.1, -0.05) is 12.1 Å². The van der Waals surface area contributed by atoms with Crippen LogP contribution in [-0.4, -0.2) is 42.5 Å². The maximum Gasteiger partial charge on any atom is 0.405 e.